The molecule has 0 saturated heterocycles. The molecule has 5 nitrogen and oxygen atoms in total. The van der Waals surface area contributed by atoms with Gasteiger partial charge in [0.15, 0.2) is 0 Å². The van der Waals surface area contributed by atoms with Crippen LogP contribution in [0.2, 0.25) is 0 Å². The average molecular weight is 287 g/mol. The highest BCUT2D eigenvalue weighted by molar-refractivity contribution is 5.71. The molecule has 5 heteroatoms. The first kappa shape index (κ1) is 13.9. The monoisotopic (exact) mass is 287 g/mol. The van der Waals surface area contributed by atoms with E-state index in [1.54, 1.807) is 14.2 Å². The third kappa shape index (κ3) is 3.03. The Morgan fingerprint density at radius 2 is 2.10 bits per heavy atom. The Bertz CT molecular complexity index is 632. The summed E-state index contributed by atoms with van der Waals surface area (Å²) in [7, 11) is 5.27. The number of aromatic nitrogens is 2. The van der Waals surface area contributed by atoms with Gasteiger partial charge in [0, 0.05) is 43.0 Å². The van der Waals surface area contributed by atoms with Crippen LogP contribution in [0, 0.1) is 0 Å². The molecule has 1 aromatic carbocycles. The number of rotatable bonds is 6. The quantitative estimate of drug-likeness (QED) is 0.886. The zero-order valence-electron chi connectivity index (χ0n) is 12.7. The van der Waals surface area contributed by atoms with Crippen LogP contribution in [0.5, 0.6) is 11.5 Å². The molecule has 1 heterocycles. The Kier molecular flexibility index (Phi) is 3.84. The maximum atomic E-state index is 5.49. The smallest absolute Gasteiger partial charge is 0.132 e. The largest absolute Gasteiger partial charge is 0.497 e. The maximum Gasteiger partial charge on any atom is 0.132 e. The van der Waals surface area contributed by atoms with Gasteiger partial charge >= 0.3 is 0 Å². The van der Waals surface area contributed by atoms with Gasteiger partial charge in [-0.2, -0.15) is 5.10 Å². The second-order valence-electron chi connectivity index (χ2n) is 5.40. The van der Waals surface area contributed by atoms with E-state index in [4.69, 9.17) is 9.47 Å². The molecule has 0 unspecified atom stereocenters. The molecule has 0 aliphatic heterocycles. The lowest BCUT2D eigenvalue weighted by molar-refractivity contribution is 0.395. The maximum absolute atomic E-state index is 5.49. The number of nitrogens with one attached hydrogen (secondary N) is 1. The van der Waals surface area contributed by atoms with Crippen molar-refractivity contribution in [3.8, 4) is 22.8 Å². The molecule has 21 heavy (non-hydrogen) atoms. The molecule has 2 aromatic rings. The predicted octanol–water partition coefficient (Wildman–Crippen LogP) is 2.36. The highest BCUT2D eigenvalue weighted by Gasteiger charge is 2.22. The zero-order valence-corrected chi connectivity index (χ0v) is 12.7. The van der Waals surface area contributed by atoms with Crippen LogP contribution in [-0.2, 0) is 13.6 Å². The fourth-order valence-electron chi connectivity index (χ4n) is 2.43. The summed E-state index contributed by atoms with van der Waals surface area (Å²) in [4.78, 5) is 0. The summed E-state index contributed by atoms with van der Waals surface area (Å²) < 4.78 is 12.6. The fraction of sp³-hybridized carbons (Fsp3) is 0.438. The van der Waals surface area contributed by atoms with Crippen molar-refractivity contribution in [1.82, 2.24) is 15.1 Å². The van der Waals surface area contributed by atoms with Crippen LogP contribution in [0.1, 0.15) is 18.4 Å². The first-order valence-electron chi connectivity index (χ1n) is 7.19. The lowest BCUT2D eigenvalue weighted by Crippen LogP contribution is -2.15. The van der Waals surface area contributed by atoms with E-state index in [-0.39, 0.29) is 0 Å². The summed E-state index contributed by atoms with van der Waals surface area (Å²) in [6.07, 6.45) is 4.62. The molecular formula is C16H21N3O2. The Balaban J connectivity index is 1.94. The molecule has 0 spiro atoms. The lowest BCUT2D eigenvalue weighted by atomic mass is 10.1. The van der Waals surface area contributed by atoms with Gasteiger partial charge in [-0.1, -0.05) is 0 Å². The summed E-state index contributed by atoms with van der Waals surface area (Å²) in [5, 5.41) is 8.14. The van der Waals surface area contributed by atoms with Crippen LogP contribution in [-0.4, -0.2) is 30.0 Å². The van der Waals surface area contributed by atoms with Crippen molar-refractivity contribution in [1.29, 1.82) is 0 Å². The molecule has 1 aromatic heterocycles. The predicted molar refractivity (Wildman–Crippen MR) is 81.6 cm³/mol. The molecule has 1 aliphatic rings. The number of nitrogens with zero attached hydrogens (tertiary/aromatic N) is 2. The molecular weight excluding hydrogens is 266 g/mol. The normalized spacial score (nSPS) is 14.2. The number of hydrogen-bond acceptors (Lipinski definition) is 4. The van der Waals surface area contributed by atoms with E-state index in [1.807, 2.05) is 29.9 Å². The highest BCUT2D eigenvalue weighted by Crippen LogP contribution is 2.34. The summed E-state index contributed by atoms with van der Waals surface area (Å²) >= 11 is 0. The van der Waals surface area contributed by atoms with Gasteiger partial charge in [-0.15, -0.1) is 0 Å². The van der Waals surface area contributed by atoms with E-state index in [9.17, 15) is 0 Å². The molecule has 1 aliphatic carbocycles. The molecule has 1 saturated carbocycles. The minimum absolute atomic E-state index is 0.677. The number of methoxy groups -OCH3 is 2. The van der Waals surface area contributed by atoms with Crippen LogP contribution in [0.15, 0.2) is 24.4 Å². The molecule has 3 rings (SSSR count). The second kappa shape index (κ2) is 5.77. The third-order valence-electron chi connectivity index (χ3n) is 3.73. The van der Waals surface area contributed by atoms with Gasteiger partial charge in [-0.05, 0) is 25.0 Å². The fourth-order valence-corrected chi connectivity index (χ4v) is 2.43. The van der Waals surface area contributed by atoms with Gasteiger partial charge in [0.2, 0.25) is 0 Å². The van der Waals surface area contributed by atoms with E-state index in [2.05, 4.69) is 16.6 Å². The van der Waals surface area contributed by atoms with Crippen molar-refractivity contribution < 1.29 is 9.47 Å². The molecule has 112 valence electrons. The van der Waals surface area contributed by atoms with Crippen LogP contribution < -0.4 is 14.8 Å². The molecule has 0 amide bonds. The van der Waals surface area contributed by atoms with Crippen molar-refractivity contribution in [3.63, 3.8) is 0 Å². The van der Waals surface area contributed by atoms with Gasteiger partial charge in [-0.25, -0.2) is 0 Å². The van der Waals surface area contributed by atoms with E-state index >= 15 is 0 Å². The minimum atomic E-state index is 0.677. The second-order valence-corrected chi connectivity index (χ2v) is 5.40. The van der Waals surface area contributed by atoms with Crippen molar-refractivity contribution in [2.24, 2.45) is 7.05 Å². The first-order valence-corrected chi connectivity index (χ1v) is 7.19. The van der Waals surface area contributed by atoms with Crippen LogP contribution >= 0.6 is 0 Å². The first-order chi connectivity index (χ1) is 10.2. The standard InChI is InChI=1S/C16H21N3O2/c1-19-10-11(9-17-12-4-5-12)16(18-19)14-7-6-13(20-2)8-15(14)21-3/h6-8,10,12,17H,4-5,9H2,1-3H3. The molecule has 1 N–H and O–H groups in total. The van der Waals surface area contributed by atoms with Crippen molar-refractivity contribution in [3.05, 3.63) is 30.0 Å². The Morgan fingerprint density at radius 1 is 1.29 bits per heavy atom. The highest BCUT2D eigenvalue weighted by atomic mass is 16.5. The third-order valence-corrected chi connectivity index (χ3v) is 3.73. The molecule has 0 radical (unpaired) electrons. The van der Waals surface area contributed by atoms with Crippen molar-refractivity contribution in [2.45, 2.75) is 25.4 Å². The van der Waals surface area contributed by atoms with Gasteiger partial charge in [0.1, 0.15) is 17.2 Å². The van der Waals surface area contributed by atoms with Crippen LogP contribution in [0.4, 0.5) is 0 Å². The SMILES string of the molecule is COc1ccc(-c2nn(C)cc2CNC2CC2)c(OC)c1. The zero-order chi connectivity index (χ0) is 14.8. The molecule has 0 atom stereocenters. The molecule has 0 bridgehead atoms. The summed E-state index contributed by atoms with van der Waals surface area (Å²) in [5.74, 6) is 1.56. The molecule has 1 fully saturated rings. The number of benzene rings is 1. The Hall–Kier alpha value is -2.01. The van der Waals surface area contributed by atoms with Gasteiger partial charge in [0.25, 0.3) is 0 Å². The van der Waals surface area contributed by atoms with E-state index in [0.29, 0.717) is 6.04 Å². The minimum Gasteiger partial charge on any atom is -0.497 e. The number of aryl methyl sites for hydroxylation is 1. The van der Waals surface area contributed by atoms with Crippen LogP contribution in [0.25, 0.3) is 11.3 Å². The average Bonchev–Trinajstić information content (AvgIpc) is 3.26. The summed E-state index contributed by atoms with van der Waals surface area (Å²) in [6.45, 7) is 0.836. The topological polar surface area (TPSA) is 48.3 Å². The van der Waals surface area contributed by atoms with E-state index in [1.165, 1.54) is 18.4 Å². The van der Waals surface area contributed by atoms with Crippen LogP contribution in [0.3, 0.4) is 0 Å². The number of ether oxygens (including phenoxy) is 2. The summed E-state index contributed by atoms with van der Waals surface area (Å²) in [5.41, 5.74) is 3.14. The van der Waals surface area contributed by atoms with E-state index < -0.39 is 0 Å². The lowest BCUT2D eigenvalue weighted by Gasteiger charge is -2.10. The number of hydrogen-bond donors (Lipinski definition) is 1. The van der Waals surface area contributed by atoms with Crippen molar-refractivity contribution >= 4 is 0 Å². The Morgan fingerprint density at radius 3 is 2.76 bits per heavy atom. The van der Waals surface area contributed by atoms with Crippen molar-refractivity contribution in [2.75, 3.05) is 14.2 Å². The van der Waals surface area contributed by atoms with E-state index in [0.717, 1.165) is 29.3 Å². The summed E-state index contributed by atoms with van der Waals surface area (Å²) in [6, 6.07) is 6.50. The van der Waals surface area contributed by atoms with Gasteiger partial charge in [-0.3, -0.25) is 4.68 Å². The van der Waals surface area contributed by atoms with Gasteiger partial charge < -0.3 is 14.8 Å². The Labute approximate surface area is 124 Å². The van der Waals surface area contributed by atoms with Gasteiger partial charge in [0.05, 0.1) is 14.2 Å².